The number of rotatable bonds is 4. The predicted octanol–water partition coefficient (Wildman–Crippen LogP) is 2.07. The van der Waals surface area contributed by atoms with Crippen molar-refractivity contribution in [2.75, 3.05) is 0 Å². The number of hydrogen-bond acceptors (Lipinski definition) is 2. The zero-order valence-electron chi connectivity index (χ0n) is 7.06. The molecule has 0 aliphatic carbocycles. The molecule has 1 aromatic carbocycles. The lowest BCUT2D eigenvalue weighted by atomic mass is 10.1. The molecular weight excluding hydrogens is 184 g/mol. The normalized spacial score (nSPS) is 9.54. The van der Waals surface area contributed by atoms with Crippen molar-refractivity contribution in [2.45, 2.75) is 12.8 Å². The van der Waals surface area contributed by atoms with Crippen LogP contribution in [-0.2, 0) is 11.2 Å². The molecule has 1 aromatic rings. The molecule has 0 atom stereocenters. The van der Waals surface area contributed by atoms with E-state index in [0.717, 1.165) is 5.56 Å². The van der Waals surface area contributed by atoms with Crippen LogP contribution in [0.4, 0.5) is 0 Å². The lowest BCUT2D eigenvalue weighted by Gasteiger charge is -1.98. The zero-order valence-corrected chi connectivity index (χ0v) is 7.88. The molecule has 0 unspecified atom stereocenters. The molecule has 13 heavy (non-hydrogen) atoms. The maximum absolute atomic E-state index is 10.4. The Morgan fingerprint density at radius 2 is 1.92 bits per heavy atom. The van der Waals surface area contributed by atoms with Gasteiger partial charge >= 0.3 is 5.97 Å². The Balaban J connectivity index is 2.44. The van der Waals surface area contributed by atoms with E-state index in [0.29, 0.717) is 12.8 Å². The summed E-state index contributed by atoms with van der Waals surface area (Å²) >= 11 is 4.68. The van der Waals surface area contributed by atoms with Gasteiger partial charge in [-0.05, 0) is 18.4 Å². The van der Waals surface area contributed by atoms with Crippen LogP contribution in [0.5, 0.6) is 0 Å². The van der Waals surface area contributed by atoms with Crippen molar-refractivity contribution in [3.8, 4) is 0 Å². The van der Waals surface area contributed by atoms with Gasteiger partial charge in [0.25, 0.3) is 0 Å². The highest BCUT2D eigenvalue weighted by Crippen LogP contribution is 2.03. The Morgan fingerprint density at radius 3 is 2.46 bits per heavy atom. The third-order valence-electron chi connectivity index (χ3n) is 1.72. The highest BCUT2D eigenvalue weighted by Gasteiger charge is 2.05. The lowest BCUT2D eigenvalue weighted by molar-refractivity contribution is -0.129. The first-order chi connectivity index (χ1) is 6.20. The van der Waals surface area contributed by atoms with Crippen molar-refractivity contribution in [2.24, 2.45) is 0 Å². The van der Waals surface area contributed by atoms with Crippen molar-refractivity contribution in [1.82, 2.24) is 0 Å². The SMILES string of the molecule is O=C(O)C(=S)CCc1ccccc1. The van der Waals surface area contributed by atoms with Crippen molar-refractivity contribution in [3.63, 3.8) is 0 Å². The Labute approximate surface area is 82.2 Å². The van der Waals surface area contributed by atoms with Crippen LogP contribution in [-0.4, -0.2) is 15.9 Å². The summed E-state index contributed by atoms with van der Waals surface area (Å²) in [5.41, 5.74) is 1.12. The van der Waals surface area contributed by atoms with E-state index in [4.69, 9.17) is 5.11 Å². The summed E-state index contributed by atoms with van der Waals surface area (Å²) in [7, 11) is 0. The van der Waals surface area contributed by atoms with E-state index in [2.05, 4.69) is 12.2 Å². The minimum Gasteiger partial charge on any atom is -0.477 e. The monoisotopic (exact) mass is 194 g/mol. The minimum absolute atomic E-state index is 0.101. The van der Waals surface area contributed by atoms with Crippen molar-refractivity contribution < 1.29 is 9.90 Å². The fraction of sp³-hybridized carbons (Fsp3) is 0.200. The van der Waals surface area contributed by atoms with Gasteiger partial charge in [-0.15, -0.1) is 0 Å². The highest BCUT2D eigenvalue weighted by molar-refractivity contribution is 7.82. The molecule has 1 rings (SSSR count). The predicted molar refractivity (Wildman–Crippen MR) is 55.0 cm³/mol. The lowest BCUT2D eigenvalue weighted by Crippen LogP contribution is -2.10. The largest absolute Gasteiger partial charge is 0.477 e. The average Bonchev–Trinajstić information content (AvgIpc) is 2.15. The highest BCUT2D eigenvalue weighted by atomic mass is 32.1. The van der Waals surface area contributed by atoms with Gasteiger partial charge in [0.2, 0.25) is 0 Å². The Bertz CT molecular complexity index is 306. The summed E-state index contributed by atoms with van der Waals surface area (Å²) in [5.74, 6) is -0.981. The molecule has 0 aliphatic heterocycles. The molecule has 0 fully saturated rings. The molecule has 0 aromatic heterocycles. The number of aryl methyl sites for hydroxylation is 1. The molecule has 0 spiro atoms. The standard InChI is InChI=1S/C10H10O2S/c11-10(12)9(13)7-6-8-4-2-1-3-5-8/h1-5H,6-7H2,(H,11,12). The molecule has 0 aliphatic rings. The summed E-state index contributed by atoms with van der Waals surface area (Å²) in [5, 5.41) is 8.52. The number of carbonyl (C=O) groups is 1. The number of carboxylic acids is 1. The number of benzene rings is 1. The van der Waals surface area contributed by atoms with Gasteiger partial charge in [0, 0.05) is 0 Å². The number of thiocarbonyl (C=S) groups is 1. The summed E-state index contributed by atoms with van der Waals surface area (Å²) in [6.45, 7) is 0. The van der Waals surface area contributed by atoms with E-state index >= 15 is 0 Å². The van der Waals surface area contributed by atoms with Crippen LogP contribution in [0.15, 0.2) is 30.3 Å². The zero-order chi connectivity index (χ0) is 9.68. The maximum Gasteiger partial charge on any atom is 0.342 e. The van der Waals surface area contributed by atoms with E-state index in [1.807, 2.05) is 30.3 Å². The molecule has 3 heteroatoms. The molecule has 0 bridgehead atoms. The maximum atomic E-state index is 10.4. The first-order valence-corrected chi connectivity index (χ1v) is 4.41. The Morgan fingerprint density at radius 1 is 1.31 bits per heavy atom. The van der Waals surface area contributed by atoms with Gasteiger partial charge in [-0.1, -0.05) is 42.5 Å². The van der Waals surface area contributed by atoms with Crippen LogP contribution in [0.1, 0.15) is 12.0 Å². The fourth-order valence-corrected chi connectivity index (χ4v) is 1.11. The van der Waals surface area contributed by atoms with E-state index in [-0.39, 0.29) is 4.86 Å². The molecular formula is C10H10O2S. The van der Waals surface area contributed by atoms with Crippen LogP contribution < -0.4 is 0 Å². The Kier molecular flexibility index (Phi) is 3.58. The van der Waals surface area contributed by atoms with Gasteiger partial charge in [-0.2, -0.15) is 0 Å². The molecule has 0 radical (unpaired) electrons. The van der Waals surface area contributed by atoms with Crippen molar-refractivity contribution in [1.29, 1.82) is 0 Å². The van der Waals surface area contributed by atoms with E-state index < -0.39 is 5.97 Å². The molecule has 0 heterocycles. The van der Waals surface area contributed by atoms with Crippen LogP contribution >= 0.6 is 12.2 Å². The number of aliphatic carboxylic acids is 1. The third-order valence-corrected chi connectivity index (χ3v) is 2.10. The van der Waals surface area contributed by atoms with Gasteiger partial charge in [0.15, 0.2) is 0 Å². The Hall–Kier alpha value is -1.22. The van der Waals surface area contributed by atoms with Gasteiger partial charge in [0.05, 0.1) is 0 Å². The second kappa shape index (κ2) is 4.72. The first kappa shape index (κ1) is 9.86. The molecule has 2 nitrogen and oxygen atoms in total. The summed E-state index contributed by atoms with van der Waals surface area (Å²) < 4.78 is 0. The van der Waals surface area contributed by atoms with Gasteiger partial charge in [0.1, 0.15) is 4.86 Å². The quantitative estimate of drug-likeness (QED) is 0.745. The molecule has 0 saturated carbocycles. The van der Waals surface area contributed by atoms with Gasteiger partial charge in [-0.3, -0.25) is 0 Å². The smallest absolute Gasteiger partial charge is 0.342 e. The fourth-order valence-electron chi connectivity index (χ4n) is 1.01. The first-order valence-electron chi connectivity index (χ1n) is 4.00. The van der Waals surface area contributed by atoms with Crippen LogP contribution in [0.2, 0.25) is 0 Å². The molecule has 0 amide bonds. The van der Waals surface area contributed by atoms with Crippen LogP contribution in [0.25, 0.3) is 0 Å². The summed E-state index contributed by atoms with van der Waals surface area (Å²) in [4.78, 5) is 10.5. The van der Waals surface area contributed by atoms with Crippen LogP contribution in [0.3, 0.4) is 0 Å². The van der Waals surface area contributed by atoms with Gasteiger partial charge < -0.3 is 5.11 Å². The van der Waals surface area contributed by atoms with Crippen molar-refractivity contribution >= 4 is 23.1 Å². The topological polar surface area (TPSA) is 37.3 Å². The van der Waals surface area contributed by atoms with Crippen LogP contribution in [0, 0.1) is 0 Å². The number of hydrogen-bond donors (Lipinski definition) is 1. The molecule has 1 N–H and O–H groups in total. The van der Waals surface area contributed by atoms with Gasteiger partial charge in [-0.25, -0.2) is 4.79 Å². The minimum atomic E-state index is -0.981. The van der Waals surface area contributed by atoms with E-state index in [9.17, 15) is 4.79 Å². The summed E-state index contributed by atoms with van der Waals surface area (Å²) in [6.07, 6.45) is 1.14. The van der Waals surface area contributed by atoms with E-state index in [1.54, 1.807) is 0 Å². The van der Waals surface area contributed by atoms with E-state index in [1.165, 1.54) is 0 Å². The third kappa shape index (κ3) is 3.34. The summed E-state index contributed by atoms with van der Waals surface area (Å²) in [6, 6.07) is 9.71. The second-order valence-corrected chi connectivity index (χ2v) is 3.21. The van der Waals surface area contributed by atoms with Crippen molar-refractivity contribution in [3.05, 3.63) is 35.9 Å². The number of carboxylic acid groups (broad SMARTS) is 1. The molecule has 0 saturated heterocycles. The average molecular weight is 194 g/mol. The second-order valence-electron chi connectivity index (χ2n) is 2.71. The molecule has 68 valence electrons.